The number of alkyl halides is 3. The second kappa shape index (κ2) is 4.37. The first-order valence-corrected chi connectivity index (χ1v) is 4.26. The van der Waals surface area contributed by atoms with Gasteiger partial charge in [-0.15, -0.1) is 0 Å². The molecule has 0 aliphatic carbocycles. The number of halogens is 4. The van der Waals surface area contributed by atoms with Crippen molar-refractivity contribution in [2.45, 2.75) is 6.18 Å². The molecule has 0 N–H and O–H groups in total. The monoisotopic (exact) mass is 231 g/mol. The molecule has 0 radical (unpaired) electrons. The normalized spacial score (nSPS) is 11.7. The van der Waals surface area contributed by atoms with E-state index in [9.17, 15) is 13.2 Å². The van der Waals surface area contributed by atoms with Gasteiger partial charge in [-0.25, -0.2) is 0 Å². The molecule has 1 aromatic rings. The van der Waals surface area contributed by atoms with Gasteiger partial charge in [0.1, 0.15) is 0 Å². The molecule has 0 heterocycles. The number of hydrogen-bond donors (Lipinski definition) is 0. The first-order chi connectivity index (χ1) is 6.95. The first kappa shape index (κ1) is 11.6. The van der Waals surface area contributed by atoms with Crippen LogP contribution in [0.3, 0.4) is 0 Å². The van der Waals surface area contributed by atoms with Crippen LogP contribution in [0.5, 0.6) is 0 Å². The summed E-state index contributed by atoms with van der Waals surface area (Å²) in [6, 6.07) is 4.63. The predicted molar refractivity (Wildman–Crippen MR) is 51.1 cm³/mol. The van der Waals surface area contributed by atoms with Crippen molar-refractivity contribution in [2.24, 2.45) is 0 Å². The molecule has 78 valence electrons. The quantitative estimate of drug-likeness (QED) is 0.673. The summed E-state index contributed by atoms with van der Waals surface area (Å²) in [7, 11) is 0. The van der Waals surface area contributed by atoms with Crippen molar-refractivity contribution in [3.05, 3.63) is 40.4 Å². The van der Waals surface area contributed by atoms with Crippen LogP contribution in [0.25, 0.3) is 6.08 Å². The predicted octanol–water partition coefficient (Wildman–Crippen LogP) is 3.90. The average Bonchev–Trinajstić information content (AvgIpc) is 2.15. The highest BCUT2D eigenvalue weighted by atomic mass is 35.5. The average molecular weight is 232 g/mol. The summed E-state index contributed by atoms with van der Waals surface area (Å²) >= 11 is 5.65. The highest BCUT2D eigenvalue weighted by Gasteiger charge is 2.30. The lowest BCUT2D eigenvalue weighted by Gasteiger charge is -2.07. The third kappa shape index (κ3) is 3.00. The second-order valence-corrected chi connectivity index (χ2v) is 3.10. The van der Waals surface area contributed by atoms with Crippen molar-refractivity contribution in [1.29, 1.82) is 5.26 Å². The van der Waals surface area contributed by atoms with E-state index < -0.39 is 11.7 Å². The Kier molecular flexibility index (Phi) is 3.38. The number of hydrogen-bond acceptors (Lipinski definition) is 1. The maximum absolute atomic E-state index is 12.3. The Hall–Kier alpha value is -1.47. The van der Waals surface area contributed by atoms with Crippen LogP contribution in [0.4, 0.5) is 13.2 Å². The van der Waals surface area contributed by atoms with Gasteiger partial charge >= 0.3 is 6.18 Å². The van der Waals surface area contributed by atoms with Gasteiger partial charge in [0.05, 0.1) is 11.6 Å². The third-order valence-corrected chi connectivity index (χ3v) is 2.00. The van der Waals surface area contributed by atoms with Crippen LogP contribution in [0.1, 0.15) is 11.1 Å². The summed E-state index contributed by atoms with van der Waals surface area (Å²) in [6.45, 7) is 0. The summed E-state index contributed by atoms with van der Waals surface area (Å²) < 4.78 is 36.9. The molecule has 0 atom stereocenters. The Labute approximate surface area is 89.4 Å². The fourth-order valence-corrected chi connectivity index (χ4v) is 1.16. The van der Waals surface area contributed by atoms with Gasteiger partial charge in [-0.1, -0.05) is 11.6 Å². The van der Waals surface area contributed by atoms with Crippen LogP contribution < -0.4 is 0 Å². The van der Waals surface area contributed by atoms with Crippen LogP contribution in [-0.2, 0) is 6.18 Å². The van der Waals surface area contributed by atoms with Gasteiger partial charge in [-0.05, 0) is 29.8 Å². The minimum Gasteiger partial charge on any atom is -0.193 e. The summed E-state index contributed by atoms with van der Waals surface area (Å²) in [4.78, 5) is 0. The zero-order valence-electron chi connectivity index (χ0n) is 7.35. The molecule has 0 aliphatic rings. The maximum atomic E-state index is 12.3. The molecule has 15 heavy (non-hydrogen) atoms. The fraction of sp³-hybridized carbons (Fsp3) is 0.100. The van der Waals surface area contributed by atoms with Crippen LogP contribution in [-0.4, -0.2) is 0 Å². The summed E-state index contributed by atoms with van der Waals surface area (Å²) in [5.41, 5.74) is -0.613. The number of allylic oxidation sites excluding steroid dienone is 1. The molecule has 0 fully saturated rings. The van der Waals surface area contributed by atoms with Crippen molar-refractivity contribution < 1.29 is 13.2 Å². The van der Waals surface area contributed by atoms with Gasteiger partial charge in [0.15, 0.2) is 0 Å². The lowest BCUT2D eigenvalue weighted by atomic mass is 10.1. The Bertz CT molecular complexity index is 429. The van der Waals surface area contributed by atoms with Gasteiger partial charge in [-0.2, -0.15) is 18.4 Å². The van der Waals surface area contributed by atoms with E-state index in [1.807, 2.05) is 0 Å². The second-order valence-electron chi connectivity index (χ2n) is 2.70. The lowest BCUT2D eigenvalue weighted by molar-refractivity contribution is -0.137. The topological polar surface area (TPSA) is 23.8 Å². The number of nitriles is 1. The van der Waals surface area contributed by atoms with Crippen LogP contribution in [0, 0.1) is 11.3 Å². The summed E-state index contributed by atoms with van der Waals surface area (Å²) in [5.74, 6) is 0. The van der Waals surface area contributed by atoms with E-state index in [4.69, 9.17) is 16.9 Å². The Morgan fingerprint density at radius 3 is 2.53 bits per heavy atom. The highest BCUT2D eigenvalue weighted by molar-refractivity contribution is 6.32. The van der Waals surface area contributed by atoms with E-state index >= 15 is 0 Å². The molecule has 0 saturated carbocycles. The molecule has 0 unspecified atom stereocenters. The number of nitrogens with zero attached hydrogens (tertiary/aromatic N) is 1. The lowest BCUT2D eigenvalue weighted by Crippen LogP contribution is -2.04. The zero-order chi connectivity index (χ0) is 11.5. The molecule has 1 rings (SSSR count). The van der Waals surface area contributed by atoms with E-state index in [2.05, 4.69) is 0 Å². The van der Waals surface area contributed by atoms with Crippen molar-refractivity contribution in [3.63, 3.8) is 0 Å². The molecule has 0 saturated heterocycles. The molecule has 0 aliphatic heterocycles. The molecule has 1 nitrogen and oxygen atoms in total. The smallest absolute Gasteiger partial charge is 0.193 e. The van der Waals surface area contributed by atoms with Crippen LogP contribution in [0.2, 0.25) is 5.02 Å². The molecule has 0 amide bonds. The third-order valence-electron chi connectivity index (χ3n) is 1.66. The summed E-state index contributed by atoms with van der Waals surface area (Å²) in [5, 5.41) is 8.42. The van der Waals surface area contributed by atoms with Crippen LogP contribution in [0.15, 0.2) is 24.3 Å². The largest absolute Gasteiger partial charge is 0.416 e. The van der Waals surface area contributed by atoms with E-state index in [-0.39, 0.29) is 10.6 Å². The Balaban J connectivity index is 3.18. The number of rotatable bonds is 1. The molecule has 0 bridgehead atoms. The van der Waals surface area contributed by atoms with Crippen LogP contribution >= 0.6 is 11.6 Å². The molecule has 1 aromatic carbocycles. The standard InChI is InChI=1S/C10H5ClF3N/c11-9-4-3-8(10(12,13)14)6-7(9)2-1-5-15/h1-4,6H/b2-1+. The fourth-order valence-electron chi connectivity index (χ4n) is 0.975. The minimum atomic E-state index is -4.40. The number of benzene rings is 1. The Morgan fingerprint density at radius 2 is 2.00 bits per heavy atom. The molecule has 0 spiro atoms. The molecule has 5 heteroatoms. The van der Waals surface area contributed by atoms with E-state index in [0.29, 0.717) is 0 Å². The van der Waals surface area contributed by atoms with Crippen molar-refractivity contribution in [1.82, 2.24) is 0 Å². The SMILES string of the molecule is N#C/C=C/c1cc(C(F)(F)F)ccc1Cl. The van der Waals surface area contributed by atoms with Gasteiger partial charge in [0.25, 0.3) is 0 Å². The van der Waals surface area contributed by atoms with Gasteiger partial charge < -0.3 is 0 Å². The summed E-state index contributed by atoms with van der Waals surface area (Å²) in [6.07, 6.45) is -2.10. The minimum absolute atomic E-state index is 0.174. The first-order valence-electron chi connectivity index (χ1n) is 3.88. The van der Waals surface area contributed by atoms with Gasteiger partial charge in [0.2, 0.25) is 0 Å². The van der Waals surface area contributed by atoms with Gasteiger partial charge in [0, 0.05) is 11.1 Å². The Morgan fingerprint density at radius 1 is 1.33 bits per heavy atom. The molecule has 0 aromatic heterocycles. The van der Waals surface area contributed by atoms with Gasteiger partial charge in [-0.3, -0.25) is 0 Å². The van der Waals surface area contributed by atoms with E-state index in [1.54, 1.807) is 6.07 Å². The maximum Gasteiger partial charge on any atom is 0.416 e. The van der Waals surface area contributed by atoms with E-state index in [1.165, 1.54) is 6.08 Å². The molecular formula is C10H5ClF3N. The van der Waals surface area contributed by atoms with Crippen molar-refractivity contribution in [3.8, 4) is 6.07 Å². The highest BCUT2D eigenvalue weighted by Crippen LogP contribution is 2.32. The zero-order valence-corrected chi connectivity index (χ0v) is 8.10. The van der Waals surface area contributed by atoms with Crippen molar-refractivity contribution >= 4 is 17.7 Å². The van der Waals surface area contributed by atoms with Crippen molar-refractivity contribution in [2.75, 3.05) is 0 Å². The molecular weight excluding hydrogens is 227 g/mol. The van der Waals surface area contributed by atoms with E-state index in [0.717, 1.165) is 24.3 Å².